The lowest BCUT2D eigenvalue weighted by molar-refractivity contribution is 0.215. The van der Waals surface area contributed by atoms with Crippen LogP contribution in [-0.2, 0) is 0 Å². The van der Waals surface area contributed by atoms with Crippen molar-refractivity contribution in [1.82, 2.24) is 4.98 Å². The number of phenolic OH excluding ortho intramolecular Hbond substituents is 1. The van der Waals surface area contributed by atoms with Crippen LogP contribution in [0, 0.1) is 0 Å². The summed E-state index contributed by atoms with van der Waals surface area (Å²) in [7, 11) is 0. The molecule has 1 heterocycles. The van der Waals surface area contributed by atoms with E-state index in [-0.39, 0.29) is 5.75 Å². The number of hydrogen-bond donors (Lipinski definition) is 2. The highest BCUT2D eigenvalue weighted by atomic mass is 35.5. The molecule has 0 aliphatic heterocycles. The van der Waals surface area contributed by atoms with Crippen molar-refractivity contribution in [3.05, 3.63) is 58.9 Å². The van der Waals surface area contributed by atoms with Gasteiger partial charge >= 0.3 is 0 Å². The summed E-state index contributed by atoms with van der Waals surface area (Å²) in [4.78, 5) is 3.91. The standard InChI is InChI=1S/C12H10ClNO2/c13-9-4-1-5-10(15)11(9)12(16)8-3-2-6-14-7-8/h1-7,12,15-16H. The van der Waals surface area contributed by atoms with Crippen molar-refractivity contribution in [1.29, 1.82) is 0 Å². The Morgan fingerprint density at radius 1 is 1.19 bits per heavy atom. The predicted octanol–water partition coefficient (Wildman–Crippen LogP) is 2.52. The Hall–Kier alpha value is -1.58. The second-order valence-corrected chi connectivity index (χ2v) is 3.77. The molecule has 1 aromatic carbocycles. The van der Waals surface area contributed by atoms with E-state index in [2.05, 4.69) is 4.98 Å². The van der Waals surface area contributed by atoms with Gasteiger partial charge in [-0.05, 0) is 18.2 Å². The summed E-state index contributed by atoms with van der Waals surface area (Å²) in [6, 6.07) is 8.17. The molecule has 4 heteroatoms. The molecule has 2 N–H and O–H groups in total. The second kappa shape index (κ2) is 4.51. The van der Waals surface area contributed by atoms with Crippen LogP contribution in [0.5, 0.6) is 5.75 Å². The molecule has 2 rings (SSSR count). The molecule has 1 unspecified atom stereocenters. The summed E-state index contributed by atoms with van der Waals surface area (Å²) in [5, 5.41) is 20.1. The van der Waals surface area contributed by atoms with Crippen LogP contribution in [0.1, 0.15) is 17.2 Å². The normalized spacial score (nSPS) is 12.4. The van der Waals surface area contributed by atoms with Gasteiger partial charge in [0.05, 0.1) is 5.02 Å². The molecule has 82 valence electrons. The topological polar surface area (TPSA) is 53.4 Å². The van der Waals surface area contributed by atoms with Gasteiger partial charge in [0.15, 0.2) is 0 Å². The summed E-state index contributed by atoms with van der Waals surface area (Å²) in [6.07, 6.45) is 2.18. The van der Waals surface area contributed by atoms with E-state index in [4.69, 9.17) is 11.6 Å². The highest BCUT2D eigenvalue weighted by Gasteiger charge is 2.17. The van der Waals surface area contributed by atoms with E-state index in [1.165, 1.54) is 12.3 Å². The monoisotopic (exact) mass is 235 g/mol. The summed E-state index contributed by atoms with van der Waals surface area (Å²) in [5.74, 6) is -0.0242. The van der Waals surface area contributed by atoms with Gasteiger partial charge < -0.3 is 10.2 Å². The fourth-order valence-electron chi connectivity index (χ4n) is 1.50. The Labute approximate surface area is 98.0 Å². The summed E-state index contributed by atoms with van der Waals surface area (Å²) < 4.78 is 0. The number of aromatic hydroxyl groups is 1. The summed E-state index contributed by atoms with van der Waals surface area (Å²) >= 11 is 5.93. The van der Waals surface area contributed by atoms with Crippen molar-refractivity contribution in [2.45, 2.75) is 6.10 Å². The highest BCUT2D eigenvalue weighted by molar-refractivity contribution is 6.31. The first-order chi connectivity index (χ1) is 7.70. The maximum absolute atomic E-state index is 10.1. The minimum Gasteiger partial charge on any atom is -0.508 e. The summed E-state index contributed by atoms with van der Waals surface area (Å²) in [6.45, 7) is 0. The zero-order valence-electron chi connectivity index (χ0n) is 8.34. The van der Waals surface area contributed by atoms with Crippen LogP contribution in [0.2, 0.25) is 5.02 Å². The molecule has 0 aliphatic carbocycles. The molecule has 0 aliphatic rings. The molecule has 16 heavy (non-hydrogen) atoms. The molecule has 3 nitrogen and oxygen atoms in total. The van der Waals surface area contributed by atoms with Crippen LogP contribution in [0.25, 0.3) is 0 Å². The lowest BCUT2D eigenvalue weighted by atomic mass is 10.0. The van der Waals surface area contributed by atoms with E-state index < -0.39 is 6.10 Å². The number of halogens is 1. The molecule has 2 aromatic rings. The zero-order chi connectivity index (χ0) is 11.5. The van der Waals surface area contributed by atoms with Gasteiger partial charge in [-0.15, -0.1) is 0 Å². The third-order valence-corrected chi connectivity index (χ3v) is 2.63. The molecule has 0 radical (unpaired) electrons. The number of rotatable bonds is 2. The molecule has 0 spiro atoms. The van der Waals surface area contributed by atoms with Gasteiger partial charge in [0, 0.05) is 23.5 Å². The molecular weight excluding hydrogens is 226 g/mol. The molecule has 0 saturated heterocycles. The van der Waals surface area contributed by atoms with Crippen molar-refractivity contribution in [3.8, 4) is 5.75 Å². The van der Waals surface area contributed by atoms with Crippen LogP contribution in [0.3, 0.4) is 0 Å². The number of pyridine rings is 1. The van der Waals surface area contributed by atoms with E-state index >= 15 is 0 Å². The van der Waals surface area contributed by atoms with Crippen LogP contribution in [-0.4, -0.2) is 15.2 Å². The fourth-order valence-corrected chi connectivity index (χ4v) is 1.77. The number of aromatic nitrogens is 1. The Balaban J connectivity index is 2.46. The fraction of sp³-hybridized carbons (Fsp3) is 0.0833. The average molecular weight is 236 g/mol. The van der Waals surface area contributed by atoms with Crippen molar-refractivity contribution in [2.24, 2.45) is 0 Å². The molecule has 0 saturated carbocycles. The van der Waals surface area contributed by atoms with Crippen molar-refractivity contribution >= 4 is 11.6 Å². The van der Waals surface area contributed by atoms with E-state index in [1.54, 1.807) is 30.5 Å². The van der Waals surface area contributed by atoms with E-state index in [9.17, 15) is 10.2 Å². The van der Waals surface area contributed by atoms with Crippen LogP contribution in [0.4, 0.5) is 0 Å². The number of aliphatic hydroxyl groups excluding tert-OH is 1. The molecular formula is C12H10ClNO2. The minimum absolute atomic E-state index is 0.0242. The molecule has 0 amide bonds. The summed E-state index contributed by atoms with van der Waals surface area (Å²) in [5.41, 5.74) is 0.892. The first-order valence-corrected chi connectivity index (χ1v) is 5.13. The second-order valence-electron chi connectivity index (χ2n) is 3.36. The SMILES string of the molecule is Oc1cccc(Cl)c1C(O)c1cccnc1. The van der Waals surface area contributed by atoms with Crippen molar-refractivity contribution < 1.29 is 10.2 Å². The lowest BCUT2D eigenvalue weighted by Gasteiger charge is -2.13. The van der Waals surface area contributed by atoms with E-state index in [1.807, 2.05) is 0 Å². The minimum atomic E-state index is -0.970. The number of hydrogen-bond acceptors (Lipinski definition) is 3. The van der Waals surface area contributed by atoms with Crippen molar-refractivity contribution in [3.63, 3.8) is 0 Å². The van der Waals surface area contributed by atoms with Gasteiger partial charge in [0.2, 0.25) is 0 Å². The van der Waals surface area contributed by atoms with Crippen LogP contribution >= 0.6 is 11.6 Å². The first-order valence-electron chi connectivity index (χ1n) is 4.75. The van der Waals surface area contributed by atoms with E-state index in [0.717, 1.165) is 0 Å². The quantitative estimate of drug-likeness (QED) is 0.841. The largest absolute Gasteiger partial charge is 0.508 e. The van der Waals surface area contributed by atoms with Crippen LogP contribution in [0.15, 0.2) is 42.7 Å². The molecule has 1 aromatic heterocycles. The molecule has 0 fully saturated rings. The Morgan fingerprint density at radius 3 is 2.62 bits per heavy atom. The van der Waals surface area contributed by atoms with E-state index in [0.29, 0.717) is 16.1 Å². The smallest absolute Gasteiger partial charge is 0.123 e. The van der Waals surface area contributed by atoms with Gasteiger partial charge in [-0.25, -0.2) is 0 Å². The lowest BCUT2D eigenvalue weighted by Crippen LogP contribution is -2.01. The van der Waals surface area contributed by atoms with Crippen molar-refractivity contribution in [2.75, 3.05) is 0 Å². The molecule has 0 bridgehead atoms. The Kier molecular flexibility index (Phi) is 3.08. The zero-order valence-corrected chi connectivity index (χ0v) is 9.09. The van der Waals surface area contributed by atoms with Gasteiger partial charge in [-0.2, -0.15) is 0 Å². The molecule has 1 atom stereocenters. The predicted molar refractivity (Wildman–Crippen MR) is 61.4 cm³/mol. The maximum Gasteiger partial charge on any atom is 0.123 e. The average Bonchev–Trinajstić information content (AvgIpc) is 2.30. The Bertz CT molecular complexity index is 467. The third kappa shape index (κ3) is 2.01. The van der Waals surface area contributed by atoms with Gasteiger partial charge in [-0.3, -0.25) is 4.98 Å². The number of aliphatic hydroxyl groups is 1. The van der Waals surface area contributed by atoms with Gasteiger partial charge in [0.25, 0.3) is 0 Å². The number of benzene rings is 1. The number of phenols is 1. The highest BCUT2D eigenvalue weighted by Crippen LogP contribution is 2.34. The van der Waals surface area contributed by atoms with Gasteiger partial charge in [-0.1, -0.05) is 23.7 Å². The number of nitrogens with zero attached hydrogens (tertiary/aromatic N) is 1. The van der Waals surface area contributed by atoms with Crippen LogP contribution < -0.4 is 0 Å². The first kappa shape index (κ1) is 10.9. The Morgan fingerprint density at radius 2 is 2.00 bits per heavy atom. The third-order valence-electron chi connectivity index (χ3n) is 2.30. The van der Waals surface area contributed by atoms with Gasteiger partial charge in [0.1, 0.15) is 11.9 Å². The maximum atomic E-state index is 10.1.